The van der Waals surface area contributed by atoms with Gasteiger partial charge in [-0.05, 0) is 64.8 Å². The summed E-state index contributed by atoms with van der Waals surface area (Å²) in [6, 6.07) is 7.58. The molecule has 9 nitrogen and oxygen atoms in total. The van der Waals surface area contributed by atoms with Crippen molar-refractivity contribution in [1.82, 2.24) is 9.80 Å². The number of piperidine rings is 1. The van der Waals surface area contributed by atoms with Crippen molar-refractivity contribution >= 4 is 34.6 Å². The molecule has 2 amide bonds. The highest BCUT2D eigenvalue weighted by molar-refractivity contribution is 5.93. The van der Waals surface area contributed by atoms with Gasteiger partial charge in [0.05, 0.1) is 12.5 Å². The van der Waals surface area contributed by atoms with E-state index in [2.05, 4.69) is 4.90 Å². The number of esters is 2. The van der Waals surface area contributed by atoms with Gasteiger partial charge in [-0.1, -0.05) is 0 Å². The SMILES string of the molecule is CCOC(=O)c1cc2cc(N3CCN(C(=O)N4CCC(C(=O)OC(C)(C)C)CC4)CC3)ccc2o1. The van der Waals surface area contributed by atoms with Crippen molar-refractivity contribution in [2.45, 2.75) is 46.1 Å². The van der Waals surface area contributed by atoms with Crippen molar-refractivity contribution in [2.75, 3.05) is 50.8 Å². The van der Waals surface area contributed by atoms with E-state index < -0.39 is 11.6 Å². The summed E-state index contributed by atoms with van der Waals surface area (Å²) in [5, 5.41) is 0.844. The van der Waals surface area contributed by atoms with Crippen molar-refractivity contribution in [3.63, 3.8) is 0 Å². The van der Waals surface area contributed by atoms with Gasteiger partial charge < -0.3 is 28.6 Å². The number of benzene rings is 1. The maximum absolute atomic E-state index is 13.1. The minimum absolute atomic E-state index is 0.0386. The molecule has 3 heterocycles. The molecule has 0 saturated carbocycles. The van der Waals surface area contributed by atoms with E-state index in [0.29, 0.717) is 64.3 Å². The molecule has 0 unspecified atom stereocenters. The maximum Gasteiger partial charge on any atom is 0.374 e. The fourth-order valence-corrected chi connectivity index (χ4v) is 4.58. The Morgan fingerprint density at radius 1 is 0.971 bits per heavy atom. The number of nitrogens with zero attached hydrogens (tertiary/aromatic N) is 3. The van der Waals surface area contributed by atoms with E-state index in [1.807, 2.05) is 48.8 Å². The number of urea groups is 1. The molecule has 35 heavy (non-hydrogen) atoms. The number of likely N-dealkylation sites (tertiary alicyclic amines) is 1. The number of hydrogen-bond acceptors (Lipinski definition) is 7. The van der Waals surface area contributed by atoms with Crippen LogP contribution in [0.5, 0.6) is 0 Å². The van der Waals surface area contributed by atoms with E-state index in [0.717, 1.165) is 11.1 Å². The zero-order valence-electron chi connectivity index (χ0n) is 21.0. The van der Waals surface area contributed by atoms with Crippen LogP contribution in [0.4, 0.5) is 10.5 Å². The topological polar surface area (TPSA) is 92.5 Å². The Kier molecular flexibility index (Phi) is 7.23. The number of rotatable bonds is 4. The normalized spacial score (nSPS) is 17.5. The van der Waals surface area contributed by atoms with Gasteiger partial charge in [-0.15, -0.1) is 0 Å². The number of anilines is 1. The standard InChI is InChI=1S/C26H35N3O6/c1-5-33-24(31)22-17-19-16-20(6-7-21(19)34-22)27-12-14-29(15-13-27)25(32)28-10-8-18(9-11-28)23(30)35-26(2,3)4/h6-7,16-18H,5,8-15H2,1-4H3. The van der Waals surface area contributed by atoms with Gasteiger partial charge in [-0.25, -0.2) is 9.59 Å². The number of amides is 2. The van der Waals surface area contributed by atoms with Crippen molar-refractivity contribution in [3.8, 4) is 0 Å². The molecule has 2 fully saturated rings. The fraction of sp³-hybridized carbons (Fsp3) is 0.577. The fourth-order valence-electron chi connectivity index (χ4n) is 4.58. The molecular formula is C26H35N3O6. The Bertz CT molecular complexity index is 1070. The second-order valence-corrected chi connectivity index (χ2v) is 10.1. The summed E-state index contributed by atoms with van der Waals surface area (Å²) < 4.78 is 16.1. The van der Waals surface area contributed by atoms with Gasteiger partial charge in [0, 0.05) is 50.3 Å². The highest BCUT2D eigenvalue weighted by atomic mass is 16.6. The third kappa shape index (κ3) is 5.89. The number of fused-ring (bicyclic) bond motifs is 1. The predicted molar refractivity (Wildman–Crippen MR) is 131 cm³/mol. The molecule has 2 aromatic rings. The number of piperazine rings is 1. The lowest BCUT2D eigenvalue weighted by atomic mass is 9.97. The lowest BCUT2D eigenvalue weighted by molar-refractivity contribution is -0.161. The highest BCUT2D eigenvalue weighted by Gasteiger charge is 2.33. The Hall–Kier alpha value is -3.23. The first kappa shape index (κ1) is 24.9. The average Bonchev–Trinajstić information content (AvgIpc) is 3.27. The third-order valence-corrected chi connectivity index (χ3v) is 6.40. The second kappa shape index (κ2) is 10.2. The molecular weight excluding hydrogens is 450 g/mol. The molecule has 2 aliphatic rings. The molecule has 9 heteroatoms. The first-order valence-corrected chi connectivity index (χ1v) is 12.4. The first-order valence-electron chi connectivity index (χ1n) is 12.4. The summed E-state index contributed by atoms with van der Waals surface area (Å²) >= 11 is 0. The monoisotopic (exact) mass is 485 g/mol. The smallest absolute Gasteiger partial charge is 0.374 e. The predicted octanol–water partition coefficient (Wildman–Crippen LogP) is 3.91. The van der Waals surface area contributed by atoms with Crippen molar-refractivity contribution in [1.29, 1.82) is 0 Å². The summed E-state index contributed by atoms with van der Waals surface area (Å²) in [6.07, 6.45) is 1.28. The number of hydrogen-bond donors (Lipinski definition) is 0. The van der Waals surface area contributed by atoms with Crippen molar-refractivity contribution < 1.29 is 28.3 Å². The van der Waals surface area contributed by atoms with Gasteiger partial charge in [0.1, 0.15) is 11.2 Å². The Labute approximate surface area is 205 Å². The van der Waals surface area contributed by atoms with Crippen LogP contribution >= 0.6 is 0 Å². The minimum atomic E-state index is -0.491. The largest absolute Gasteiger partial charge is 0.460 e. The van der Waals surface area contributed by atoms with E-state index in [1.54, 1.807) is 13.0 Å². The number of furan rings is 1. The first-order chi connectivity index (χ1) is 16.6. The maximum atomic E-state index is 13.1. The zero-order chi connectivity index (χ0) is 25.2. The zero-order valence-corrected chi connectivity index (χ0v) is 21.0. The van der Waals surface area contributed by atoms with E-state index in [-0.39, 0.29) is 23.7 Å². The van der Waals surface area contributed by atoms with Crippen LogP contribution in [0.2, 0.25) is 0 Å². The number of carbonyl (C=O) groups excluding carboxylic acids is 3. The Morgan fingerprint density at radius 3 is 2.26 bits per heavy atom. The summed E-state index contributed by atoms with van der Waals surface area (Å²) in [4.78, 5) is 43.3. The Morgan fingerprint density at radius 2 is 1.63 bits per heavy atom. The molecule has 1 aromatic carbocycles. The van der Waals surface area contributed by atoms with Crippen LogP contribution in [0, 0.1) is 5.92 Å². The van der Waals surface area contributed by atoms with Gasteiger partial charge in [0.15, 0.2) is 0 Å². The summed E-state index contributed by atoms with van der Waals surface area (Å²) in [5.41, 5.74) is 1.18. The van der Waals surface area contributed by atoms with E-state index in [4.69, 9.17) is 13.9 Å². The number of carbonyl (C=O) groups is 3. The van der Waals surface area contributed by atoms with Gasteiger partial charge in [-0.2, -0.15) is 0 Å². The lowest BCUT2D eigenvalue weighted by Gasteiger charge is -2.40. The van der Waals surface area contributed by atoms with Gasteiger partial charge >= 0.3 is 18.0 Å². The average molecular weight is 486 g/mol. The van der Waals surface area contributed by atoms with E-state index in [1.165, 1.54) is 0 Å². The van der Waals surface area contributed by atoms with Crippen LogP contribution in [0.15, 0.2) is 28.7 Å². The van der Waals surface area contributed by atoms with Gasteiger partial charge in [0.25, 0.3) is 0 Å². The van der Waals surface area contributed by atoms with Gasteiger partial charge in [-0.3, -0.25) is 4.79 Å². The summed E-state index contributed by atoms with van der Waals surface area (Å²) in [6.45, 7) is 11.5. The summed E-state index contributed by atoms with van der Waals surface area (Å²) in [5.74, 6) is -0.572. The van der Waals surface area contributed by atoms with Crippen LogP contribution in [0.25, 0.3) is 11.0 Å². The van der Waals surface area contributed by atoms with Gasteiger partial charge in [0.2, 0.25) is 5.76 Å². The summed E-state index contributed by atoms with van der Waals surface area (Å²) in [7, 11) is 0. The van der Waals surface area contributed by atoms with Crippen LogP contribution < -0.4 is 4.90 Å². The molecule has 2 saturated heterocycles. The third-order valence-electron chi connectivity index (χ3n) is 6.40. The van der Waals surface area contributed by atoms with Crippen LogP contribution in [0.1, 0.15) is 51.1 Å². The Balaban J connectivity index is 1.29. The van der Waals surface area contributed by atoms with Crippen LogP contribution in [0.3, 0.4) is 0 Å². The van der Waals surface area contributed by atoms with Crippen molar-refractivity contribution in [3.05, 3.63) is 30.0 Å². The van der Waals surface area contributed by atoms with E-state index >= 15 is 0 Å². The number of ether oxygens (including phenoxy) is 2. The molecule has 0 bridgehead atoms. The molecule has 4 rings (SSSR count). The lowest BCUT2D eigenvalue weighted by Crippen LogP contribution is -2.54. The molecule has 1 aromatic heterocycles. The molecule has 2 aliphatic heterocycles. The van der Waals surface area contributed by atoms with Crippen LogP contribution in [-0.4, -0.2) is 79.2 Å². The highest BCUT2D eigenvalue weighted by Crippen LogP contribution is 2.27. The molecule has 0 spiro atoms. The van der Waals surface area contributed by atoms with Crippen molar-refractivity contribution in [2.24, 2.45) is 5.92 Å². The molecule has 0 radical (unpaired) electrons. The molecule has 0 N–H and O–H groups in total. The van der Waals surface area contributed by atoms with E-state index in [9.17, 15) is 14.4 Å². The minimum Gasteiger partial charge on any atom is -0.460 e. The second-order valence-electron chi connectivity index (χ2n) is 10.1. The molecule has 0 aliphatic carbocycles. The van der Waals surface area contributed by atoms with Crippen LogP contribution in [-0.2, 0) is 14.3 Å². The quantitative estimate of drug-likeness (QED) is 0.607. The molecule has 0 atom stereocenters. The molecule has 190 valence electrons.